The third-order valence-corrected chi connectivity index (χ3v) is 3.78. The maximum absolute atomic E-state index is 12.5. The number of anilines is 1. The molecule has 0 fully saturated rings. The largest absolute Gasteiger partial charge is 0.484 e. The lowest BCUT2D eigenvalue weighted by Gasteiger charge is -2.40. The van der Waals surface area contributed by atoms with Crippen LogP contribution in [-0.2, 0) is 4.79 Å². The maximum Gasteiger partial charge on any atom is 0.229 e. The highest BCUT2D eigenvalue weighted by molar-refractivity contribution is 5.96. The van der Waals surface area contributed by atoms with Crippen molar-refractivity contribution in [3.05, 3.63) is 23.8 Å². The number of aliphatic hydroxyl groups excluding tert-OH is 1. The van der Waals surface area contributed by atoms with E-state index >= 15 is 0 Å². The van der Waals surface area contributed by atoms with Crippen molar-refractivity contribution in [2.45, 2.75) is 45.8 Å². The molecule has 1 aromatic rings. The Bertz CT molecular complexity index is 555. The second kappa shape index (κ2) is 6.26. The standard InChI is InChI=1S/C17H26N2O3/c1-11(2)16(21)19-10-17(3,4)22-15-6-5-12(9-13(15)19)14(20)7-8-18/h5-6,9,11,14,20H,7-8,10,18H2,1-4H3. The van der Waals surface area contributed by atoms with Crippen LogP contribution < -0.4 is 15.4 Å². The van der Waals surface area contributed by atoms with E-state index in [9.17, 15) is 9.90 Å². The van der Waals surface area contributed by atoms with E-state index in [4.69, 9.17) is 10.5 Å². The maximum atomic E-state index is 12.5. The predicted octanol–water partition coefficient (Wildman–Crippen LogP) is 2.23. The zero-order valence-electron chi connectivity index (χ0n) is 13.8. The van der Waals surface area contributed by atoms with Crippen LogP contribution in [0.3, 0.4) is 0 Å². The van der Waals surface area contributed by atoms with Crippen LogP contribution in [0.25, 0.3) is 0 Å². The molecule has 1 aliphatic heterocycles. The number of fused-ring (bicyclic) bond motifs is 1. The molecule has 1 heterocycles. The third kappa shape index (κ3) is 3.42. The first-order valence-corrected chi connectivity index (χ1v) is 7.77. The molecule has 1 aromatic carbocycles. The molecule has 122 valence electrons. The summed E-state index contributed by atoms with van der Waals surface area (Å²) in [5.74, 6) is 0.636. The van der Waals surface area contributed by atoms with Gasteiger partial charge in [0.05, 0.1) is 18.3 Å². The Morgan fingerprint density at radius 1 is 1.45 bits per heavy atom. The Kier molecular flexibility index (Phi) is 4.78. The first-order chi connectivity index (χ1) is 10.2. The molecule has 5 heteroatoms. The van der Waals surface area contributed by atoms with Crippen molar-refractivity contribution >= 4 is 11.6 Å². The molecule has 2 rings (SSSR count). The second-order valence-corrected chi connectivity index (χ2v) is 6.76. The number of ether oxygens (including phenoxy) is 1. The fourth-order valence-corrected chi connectivity index (χ4v) is 2.67. The molecule has 22 heavy (non-hydrogen) atoms. The Morgan fingerprint density at radius 3 is 2.73 bits per heavy atom. The van der Waals surface area contributed by atoms with E-state index in [0.717, 1.165) is 11.3 Å². The summed E-state index contributed by atoms with van der Waals surface area (Å²) in [6, 6.07) is 5.50. The van der Waals surface area contributed by atoms with E-state index in [1.165, 1.54) is 0 Å². The fraction of sp³-hybridized carbons (Fsp3) is 0.588. The Hall–Kier alpha value is -1.59. The van der Waals surface area contributed by atoms with Crippen LogP contribution in [0.1, 0.15) is 45.8 Å². The number of aliphatic hydroxyl groups is 1. The van der Waals surface area contributed by atoms with Gasteiger partial charge in [0, 0.05) is 5.92 Å². The summed E-state index contributed by atoms with van der Waals surface area (Å²) in [4.78, 5) is 14.3. The topological polar surface area (TPSA) is 75.8 Å². The molecule has 1 aliphatic rings. The van der Waals surface area contributed by atoms with Gasteiger partial charge in [0.15, 0.2) is 0 Å². The minimum atomic E-state index is -0.624. The summed E-state index contributed by atoms with van der Waals surface area (Å²) in [5, 5.41) is 10.1. The van der Waals surface area contributed by atoms with Crippen molar-refractivity contribution in [3.8, 4) is 5.75 Å². The highest BCUT2D eigenvalue weighted by Crippen LogP contribution is 2.39. The number of carbonyl (C=O) groups is 1. The molecule has 3 N–H and O–H groups in total. The number of hydrogen-bond acceptors (Lipinski definition) is 4. The van der Waals surface area contributed by atoms with E-state index in [2.05, 4.69) is 0 Å². The normalized spacial score (nSPS) is 17.9. The highest BCUT2D eigenvalue weighted by Gasteiger charge is 2.35. The number of rotatable bonds is 4. The quantitative estimate of drug-likeness (QED) is 0.894. The van der Waals surface area contributed by atoms with Crippen LogP contribution in [0.5, 0.6) is 5.75 Å². The summed E-state index contributed by atoms with van der Waals surface area (Å²) < 4.78 is 5.97. The number of amides is 1. The van der Waals surface area contributed by atoms with Crippen molar-refractivity contribution in [1.82, 2.24) is 0 Å². The first-order valence-electron chi connectivity index (χ1n) is 7.77. The molecule has 0 spiro atoms. The summed E-state index contributed by atoms with van der Waals surface area (Å²) in [5.41, 5.74) is 6.56. The van der Waals surface area contributed by atoms with Crippen LogP contribution >= 0.6 is 0 Å². The minimum Gasteiger partial charge on any atom is -0.484 e. The van der Waals surface area contributed by atoms with Crippen LogP contribution in [-0.4, -0.2) is 29.7 Å². The average Bonchev–Trinajstić information content (AvgIpc) is 2.44. The Balaban J connectivity index is 2.43. The van der Waals surface area contributed by atoms with Crippen molar-refractivity contribution in [2.75, 3.05) is 18.0 Å². The monoisotopic (exact) mass is 306 g/mol. The van der Waals surface area contributed by atoms with E-state index in [-0.39, 0.29) is 11.8 Å². The molecule has 0 aromatic heterocycles. The molecule has 0 saturated heterocycles. The molecule has 1 unspecified atom stereocenters. The molecular formula is C17H26N2O3. The molecular weight excluding hydrogens is 280 g/mol. The number of carbonyl (C=O) groups excluding carboxylic acids is 1. The van der Waals surface area contributed by atoms with Crippen LogP contribution in [0, 0.1) is 5.92 Å². The number of nitrogens with zero attached hydrogens (tertiary/aromatic N) is 1. The Labute approximate surface area is 132 Å². The molecule has 0 saturated carbocycles. The minimum absolute atomic E-state index is 0.0584. The van der Waals surface area contributed by atoms with Gasteiger partial charge in [0.2, 0.25) is 5.91 Å². The molecule has 5 nitrogen and oxygen atoms in total. The average molecular weight is 306 g/mol. The van der Waals surface area contributed by atoms with Crippen molar-refractivity contribution in [1.29, 1.82) is 0 Å². The van der Waals surface area contributed by atoms with Gasteiger partial charge in [-0.25, -0.2) is 0 Å². The van der Waals surface area contributed by atoms with Gasteiger partial charge in [-0.15, -0.1) is 0 Å². The van der Waals surface area contributed by atoms with Gasteiger partial charge in [-0.3, -0.25) is 4.79 Å². The van der Waals surface area contributed by atoms with Crippen LogP contribution in [0.4, 0.5) is 5.69 Å². The number of hydrogen-bond donors (Lipinski definition) is 2. The lowest BCUT2D eigenvalue weighted by Crippen LogP contribution is -2.50. The summed E-state index contributed by atoms with van der Waals surface area (Å²) in [6.07, 6.45) is -0.135. The smallest absolute Gasteiger partial charge is 0.229 e. The van der Waals surface area contributed by atoms with Gasteiger partial charge in [-0.05, 0) is 44.5 Å². The van der Waals surface area contributed by atoms with Gasteiger partial charge in [0.1, 0.15) is 11.4 Å². The van der Waals surface area contributed by atoms with Crippen molar-refractivity contribution < 1.29 is 14.6 Å². The predicted molar refractivity (Wildman–Crippen MR) is 87.0 cm³/mol. The van der Waals surface area contributed by atoms with Crippen LogP contribution in [0.2, 0.25) is 0 Å². The third-order valence-electron chi connectivity index (χ3n) is 3.78. The van der Waals surface area contributed by atoms with Gasteiger partial charge < -0.3 is 20.5 Å². The van der Waals surface area contributed by atoms with Crippen molar-refractivity contribution in [2.24, 2.45) is 11.7 Å². The molecule has 0 radical (unpaired) electrons. The van der Waals surface area contributed by atoms with Crippen molar-refractivity contribution in [3.63, 3.8) is 0 Å². The fourth-order valence-electron chi connectivity index (χ4n) is 2.67. The molecule has 1 atom stereocenters. The zero-order valence-corrected chi connectivity index (χ0v) is 13.8. The van der Waals surface area contributed by atoms with E-state index in [1.807, 2.05) is 45.9 Å². The van der Waals surface area contributed by atoms with E-state index in [0.29, 0.717) is 25.3 Å². The number of benzene rings is 1. The van der Waals surface area contributed by atoms with Gasteiger partial charge in [0.25, 0.3) is 0 Å². The van der Waals surface area contributed by atoms with Gasteiger partial charge >= 0.3 is 0 Å². The lowest BCUT2D eigenvalue weighted by atomic mass is 10.00. The zero-order chi connectivity index (χ0) is 16.5. The second-order valence-electron chi connectivity index (χ2n) is 6.76. The van der Waals surface area contributed by atoms with E-state index < -0.39 is 11.7 Å². The summed E-state index contributed by atoms with van der Waals surface area (Å²) in [7, 11) is 0. The Morgan fingerprint density at radius 2 is 2.14 bits per heavy atom. The summed E-state index contributed by atoms with van der Waals surface area (Å²) in [6.45, 7) is 8.61. The molecule has 0 bridgehead atoms. The SMILES string of the molecule is CC(C)C(=O)N1CC(C)(C)Oc2ccc(C(O)CCN)cc21. The van der Waals surface area contributed by atoms with E-state index in [1.54, 1.807) is 4.90 Å². The highest BCUT2D eigenvalue weighted by atomic mass is 16.5. The first kappa shape index (κ1) is 16.8. The number of nitrogens with two attached hydrogens (primary N) is 1. The van der Waals surface area contributed by atoms with Gasteiger partial charge in [-0.1, -0.05) is 19.9 Å². The lowest BCUT2D eigenvalue weighted by molar-refractivity contribution is -0.122. The molecule has 0 aliphatic carbocycles. The summed E-state index contributed by atoms with van der Waals surface area (Å²) >= 11 is 0. The van der Waals surface area contributed by atoms with Crippen LogP contribution in [0.15, 0.2) is 18.2 Å². The van der Waals surface area contributed by atoms with Gasteiger partial charge in [-0.2, -0.15) is 0 Å². The molecule has 1 amide bonds.